The number of pyridine rings is 1. The number of aromatic nitrogens is 3. The van der Waals surface area contributed by atoms with Gasteiger partial charge in [-0.3, -0.25) is 0 Å². The summed E-state index contributed by atoms with van der Waals surface area (Å²) in [6, 6.07) is 0.578. The Balaban J connectivity index is 2.30. The largest absolute Gasteiger partial charge is 0.419 e. The minimum Gasteiger partial charge on any atom is -0.360 e. The van der Waals surface area contributed by atoms with E-state index in [1.807, 2.05) is 0 Å². The molecule has 0 saturated heterocycles. The Morgan fingerprint density at radius 2 is 2.11 bits per heavy atom. The van der Waals surface area contributed by atoms with E-state index in [-0.39, 0.29) is 10.3 Å². The van der Waals surface area contributed by atoms with Crippen molar-refractivity contribution in [1.29, 1.82) is 0 Å². The third-order valence-electron chi connectivity index (χ3n) is 2.44. The summed E-state index contributed by atoms with van der Waals surface area (Å²) in [7, 11) is 0. The SMILES string of the molecule is CC(Nc1ncc(Br)cc1C(F)(F)F)c1ncc[nH]1. The second-order valence-electron chi connectivity index (χ2n) is 3.89. The van der Waals surface area contributed by atoms with Crippen LogP contribution in [0.2, 0.25) is 0 Å². The Labute approximate surface area is 115 Å². The van der Waals surface area contributed by atoms with E-state index in [0.717, 1.165) is 6.07 Å². The van der Waals surface area contributed by atoms with E-state index < -0.39 is 17.8 Å². The van der Waals surface area contributed by atoms with Crippen LogP contribution >= 0.6 is 15.9 Å². The Bertz CT molecular complexity index is 554. The van der Waals surface area contributed by atoms with Crippen molar-refractivity contribution in [2.24, 2.45) is 0 Å². The number of hydrogen-bond acceptors (Lipinski definition) is 3. The van der Waals surface area contributed by atoms with Gasteiger partial charge in [0.1, 0.15) is 11.6 Å². The van der Waals surface area contributed by atoms with Crippen molar-refractivity contribution >= 4 is 21.7 Å². The molecule has 4 nitrogen and oxygen atoms in total. The van der Waals surface area contributed by atoms with Gasteiger partial charge in [0.25, 0.3) is 0 Å². The molecule has 0 bridgehead atoms. The van der Waals surface area contributed by atoms with Gasteiger partial charge in [-0.1, -0.05) is 0 Å². The normalized spacial score (nSPS) is 13.3. The highest BCUT2D eigenvalue weighted by atomic mass is 79.9. The molecule has 1 unspecified atom stereocenters. The monoisotopic (exact) mass is 334 g/mol. The first-order valence-electron chi connectivity index (χ1n) is 5.36. The van der Waals surface area contributed by atoms with Gasteiger partial charge in [-0.25, -0.2) is 9.97 Å². The van der Waals surface area contributed by atoms with Gasteiger partial charge in [-0.15, -0.1) is 0 Å². The van der Waals surface area contributed by atoms with Crippen molar-refractivity contribution < 1.29 is 13.2 Å². The molecule has 0 aromatic carbocycles. The van der Waals surface area contributed by atoms with E-state index >= 15 is 0 Å². The fourth-order valence-electron chi connectivity index (χ4n) is 1.56. The maximum absolute atomic E-state index is 12.9. The van der Waals surface area contributed by atoms with Gasteiger partial charge in [0.05, 0.1) is 11.6 Å². The standard InChI is InChI=1S/C11H10BrF3N4/c1-6(9-16-2-3-17-9)19-10-8(11(13,14)15)4-7(12)5-18-10/h2-6H,1H3,(H,16,17)(H,18,19). The molecule has 0 aliphatic rings. The summed E-state index contributed by atoms with van der Waals surface area (Å²) in [4.78, 5) is 10.6. The molecule has 0 saturated carbocycles. The van der Waals surface area contributed by atoms with Crippen LogP contribution in [0.25, 0.3) is 0 Å². The first kappa shape index (κ1) is 13.9. The van der Waals surface area contributed by atoms with Crippen LogP contribution in [-0.2, 0) is 6.18 Å². The molecule has 0 aliphatic heterocycles. The van der Waals surface area contributed by atoms with Gasteiger partial charge in [0, 0.05) is 23.1 Å². The lowest BCUT2D eigenvalue weighted by Gasteiger charge is -2.17. The zero-order valence-corrected chi connectivity index (χ0v) is 11.4. The average molecular weight is 335 g/mol. The first-order chi connectivity index (χ1) is 8.88. The fourth-order valence-corrected chi connectivity index (χ4v) is 1.89. The summed E-state index contributed by atoms with van der Waals surface area (Å²) in [5, 5.41) is 2.70. The third kappa shape index (κ3) is 3.25. The van der Waals surface area contributed by atoms with Crippen LogP contribution in [0.1, 0.15) is 24.4 Å². The molecular weight excluding hydrogens is 325 g/mol. The lowest BCUT2D eigenvalue weighted by Crippen LogP contribution is -2.15. The molecule has 0 radical (unpaired) electrons. The predicted octanol–water partition coefficient (Wildman–Crippen LogP) is 3.76. The molecule has 1 atom stereocenters. The summed E-state index contributed by atoms with van der Waals surface area (Å²) in [5.74, 6) is 0.317. The lowest BCUT2D eigenvalue weighted by molar-refractivity contribution is -0.137. The van der Waals surface area contributed by atoms with Gasteiger partial charge >= 0.3 is 6.18 Å². The topological polar surface area (TPSA) is 53.6 Å². The van der Waals surface area contributed by atoms with Crippen LogP contribution in [0.15, 0.2) is 29.1 Å². The predicted molar refractivity (Wildman–Crippen MR) is 67.6 cm³/mol. The van der Waals surface area contributed by atoms with E-state index in [4.69, 9.17) is 0 Å². The van der Waals surface area contributed by atoms with Crippen LogP contribution in [0.3, 0.4) is 0 Å². The number of nitrogens with zero attached hydrogens (tertiary/aromatic N) is 2. The summed E-state index contributed by atoms with van der Waals surface area (Å²) in [6.07, 6.45) is -0.0190. The minimum atomic E-state index is -4.47. The number of H-pyrrole nitrogens is 1. The Morgan fingerprint density at radius 3 is 2.68 bits per heavy atom. The number of rotatable bonds is 3. The number of aromatic amines is 1. The highest BCUT2D eigenvalue weighted by Crippen LogP contribution is 2.36. The van der Waals surface area contributed by atoms with Crippen LogP contribution < -0.4 is 5.32 Å². The van der Waals surface area contributed by atoms with Gasteiger partial charge in [-0.2, -0.15) is 13.2 Å². The van der Waals surface area contributed by atoms with Crippen molar-refractivity contribution in [2.75, 3.05) is 5.32 Å². The number of hydrogen-bond donors (Lipinski definition) is 2. The molecule has 2 N–H and O–H groups in total. The molecule has 2 heterocycles. The second-order valence-corrected chi connectivity index (χ2v) is 4.80. The van der Waals surface area contributed by atoms with Crippen molar-refractivity contribution in [3.05, 3.63) is 40.5 Å². The van der Waals surface area contributed by atoms with E-state index in [1.54, 1.807) is 13.1 Å². The second kappa shape index (κ2) is 5.20. The lowest BCUT2D eigenvalue weighted by atomic mass is 10.2. The molecular formula is C11H10BrF3N4. The Hall–Kier alpha value is -1.57. The summed E-state index contributed by atoms with van der Waals surface area (Å²) < 4.78 is 39.0. The maximum Gasteiger partial charge on any atom is 0.419 e. The molecule has 0 amide bonds. The summed E-state index contributed by atoms with van der Waals surface area (Å²) >= 11 is 2.98. The average Bonchev–Trinajstić information content (AvgIpc) is 2.83. The molecule has 8 heteroatoms. The van der Waals surface area contributed by atoms with Crippen molar-refractivity contribution in [2.45, 2.75) is 19.1 Å². The van der Waals surface area contributed by atoms with Crippen LogP contribution in [0.5, 0.6) is 0 Å². The quantitative estimate of drug-likeness (QED) is 0.898. The van der Waals surface area contributed by atoms with E-state index in [9.17, 15) is 13.2 Å². The van der Waals surface area contributed by atoms with Crippen LogP contribution in [-0.4, -0.2) is 15.0 Å². The molecule has 0 fully saturated rings. The van der Waals surface area contributed by atoms with Crippen molar-refractivity contribution in [3.63, 3.8) is 0 Å². The van der Waals surface area contributed by atoms with E-state index in [1.165, 1.54) is 12.4 Å². The zero-order valence-electron chi connectivity index (χ0n) is 9.79. The number of alkyl halides is 3. The molecule has 102 valence electrons. The highest BCUT2D eigenvalue weighted by molar-refractivity contribution is 9.10. The smallest absolute Gasteiger partial charge is 0.360 e. The molecule has 0 aliphatic carbocycles. The molecule has 19 heavy (non-hydrogen) atoms. The maximum atomic E-state index is 12.9. The van der Waals surface area contributed by atoms with E-state index in [2.05, 4.69) is 36.2 Å². The number of imidazole rings is 1. The molecule has 2 aromatic rings. The Morgan fingerprint density at radius 1 is 1.37 bits per heavy atom. The van der Waals surface area contributed by atoms with Gasteiger partial charge in [0.15, 0.2) is 0 Å². The van der Waals surface area contributed by atoms with Crippen molar-refractivity contribution in [3.8, 4) is 0 Å². The van der Waals surface area contributed by atoms with E-state index in [0.29, 0.717) is 5.82 Å². The number of anilines is 1. The zero-order chi connectivity index (χ0) is 14.0. The fraction of sp³-hybridized carbons (Fsp3) is 0.273. The molecule has 2 aromatic heterocycles. The highest BCUT2D eigenvalue weighted by Gasteiger charge is 2.35. The number of nitrogens with one attached hydrogen (secondary N) is 2. The Kier molecular flexibility index (Phi) is 3.79. The molecule has 2 rings (SSSR count). The minimum absolute atomic E-state index is 0.223. The summed E-state index contributed by atoms with van der Waals surface area (Å²) in [6.45, 7) is 1.70. The third-order valence-corrected chi connectivity index (χ3v) is 2.88. The van der Waals surface area contributed by atoms with Crippen LogP contribution in [0.4, 0.5) is 19.0 Å². The van der Waals surface area contributed by atoms with Gasteiger partial charge in [0.2, 0.25) is 0 Å². The first-order valence-corrected chi connectivity index (χ1v) is 6.16. The number of halogens is 4. The van der Waals surface area contributed by atoms with Crippen LogP contribution in [0, 0.1) is 0 Å². The molecule has 0 spiro atoms. The van der Waals surface area contributed by atoms with Gasteiger partial charge in [-0.05, 0) is 28.9 Å². The summed E-state index contributed by atoms with van der Waals surface area (Å²) in [5.41, 5.74) is -0.819. The van der Waals surface area contributed by atoms with Gasteiger partial charge < -0.3 is 10.3 Å². The van der Waals surface area contributed by atoms with Crippen molar-refractivity contribution in [1.82, 2.24) is 15.0 Å².